The lowest BCUT2D eigenvalue weighted by molar-refractivity contribution is 0.0858. The number of fused-ring (bicyclic) bond motifs is 7. The monoisotopic (exact) mass is 1990 g/mol. The molecule has 0 spiro atoms. The van der Waals surface area contributed by atoms with Gasteiger partial charge in [-0.2, -0.15) is 0 Å². The quantitative estimate of drug-likeness (QED) is 0.0628. The van der Waals surface area contributed by atoms with E-state index < -0.39 is 88.0 Å². The zero-order chi connectivity index (χ0) is 103. The van der Waals surface area contributed by atoms with Crippen molar-refractivity contribution in [1.82, 2.24) is 0 Å². The SMILES string of the molecule is COc1ccc(C2=Cc3cc(O)c(O)c(O)c3OC2)cc1.Cc1c(O)c(O)cc2c1OCC(c1ccc(O)cc1)=C2.Cc1c(O)c(O)cc2c1OCC(c1ccc(O)cc1)C2O.Oc1cc2c(cc1O)C(O)C(c1ccc(O)c(O)c1O)CO2.Oc1cc2c(cc1O)C(O)C(c1ccccc1)CO2.Oc1ccc(C2=Cc3c(cc(O)c(O)c3Cl)OC2)cc1.Oc1ccc(C2COc3c(cc(O)c(O)c3O)C2O)cc1. The van der Waals surface area contributed by atoms with Crippen molar-refractivity contribution in [2.75, 3.05) is 53.4 Å². The number of hydrogen-bond donors (Lipinski definition) is 27. The Kier molecular flexibility index (Phi) is 29.7. The van der Waals surface area contributed by atoms with E-state index in [-0.39, 0.29) is 158 Å². The van der Waals surface area contributed by atoms with E-state index >= 15 is 0 Å². The molecular weight excluding hydrogens is 1890 g/mol. The first-order chi connectivity index (χ1) is 68.7. The van der Waals surface area contributed by atoms with Crippen molar-refractivity contribution in [3.05, 3.63) is 312 Å². The average Bonchev–Trinajstić information content (AvgIpc) is 0.776. The molecule has 8 unspecified atom stereocenters. The Morgan fingerprint density at radius 3 is 1.11 bits per heavy atom. The van der Waals surface area contributed by atoms with Crippen molar-refractivity contribution >= 4 is 46.5 Å². The van der Waals surface area contributed by atoms with Gasteiger partial charge in [-0.3, -0.25) is 0 Å². The van der Waals surface area contributed by atoms with Crippen LogP contribution in [0.4, 0.5) is 0 Å². The first-order valence-corrected chi connectivity index (χ1v) is 44.5. The molecular formula is C108H97ClO35. The third kappa shape index (κ3) is 21.2. The van der Waals surface area contributed by atoms with E-state index in [1.807, 2.05) is 72.8 Å². The molecule has 21 rings (SSSR count). The van der Waals surface area contributed by atoms with Gasteiger partial charge in [0.05, 0.1) is 68.9 Å². The van der Waals surface area contributed by atoms with Crippen LogP contribution >= 0.6 is 11.6 Å². The van der Waals surface area contributed by atoms with E-state index in [4.69, 9.17) is 49.5 Å². The maximum absolute atomic E-state index is 10.5. The molecule has 0 amide bonds. The van der Waals surface area contributed by atoms with E-state index in [1.54, 1.807) is 106 Å². The summed E-state index contributed by atoms with van der Waals surface area (Å²) in [7, 11) is 1.60. The summed E-state index contributed by atoms with van der Waals surface area (Å²) in [4.78, 5) is 0. The van der Waals surface area contributed by atoms with Gasteiger partial charge in [0.2, 0.25) is 28.7 Å². The largest absolute Gasteiger partial charge is 0.508 e. The molecule has 35 nitrogen and oxygen atoms in total. The maximum Gasteiger partial charge on any atom is 0.205 e. The number of benzene rings is 14. The third-order valence-electron chi connectivity index (χ3n) is 24.8. The average molecular weight is 1990 g/mol. The van der Waals surface area contributed by atoms with Gasteiger partial charge in [0.25, 0.3) is 0 Å². The highest BCUT2D eigenvalue weighted by Crippen LogP contribution is 2.56. The van der Waals surface area contributed by atoms with Crippen LogP contribution in [0.25, 0.3) is 34.9 Å². The molecule has 0 saturated carbocycles. The second-order valence-electron chi connectivity index (χ2n) is 33.9. The summed E-state index contributed by atoms with van der Waals surface area (Å²) in [6.07, 6.45) is 1.74. The fourth-order valence-electron chi connectivity index (χ4n) is 16.8. The Hall–Kier alpha value is -17.8. The van der Waals surface area contributed by atoms with Crippen LogP contribution in [-0.2, 0) is 0 Å². The van der Waals surface area contributed by atoms with E-state index in [0.29, 0.717) is 76.2 Å². The summed E-state index contributed by atoms with van der Waals surface area (Å²) in [5, 5.41) is 262. The summed E-state index contributed by atoms with van der Waals surface area (Å²) in [6, 6.07) is 57.8. The van der Waals surface area contributed by atoms with E-state index in [9.17, 15) is 138 Å². The summed E-state index contributed by atoms with van der Waals surface area (Å²) in [6.45, 7) is 4.95. The number of hydrogen-bond acceptors (Lipinski definition) is 35. The molecule has 0 fully saturated rings. The highest BCUT2D eigenvalue weighted by atomic mass is 35.5. The maximum atomic E-state index is 10.5. The second-order valence-corrected chi connectivity index (χ2v) is 34.3. The topological polar surface area (TPSA) is 620 Å². The summed E-state index contributed by atoms with van der Waals surface area (Å²) in [5.41, 5.74) is 12.3. The van der Waals surface area contributed by atoms with Gasteiger partial charge in [0.15, 0.2) is 92.0 Å². The van der Waals surface area contributed by atoms with Crippen LogP contribution in [0, 0.1) is 13.8 Å². The zero-order valence-corrected chi connectivity index (χ0v) is 77.1. The highest BCUT2D eigenvalue weighted by Gasteiger charge is 2.39. The number of methoxy groups -OCH3 is 1. The number of phenols is 23. The third-order valence-corrected chi connectivity index (χ3v) is 25.2. The fraction of sp³-hybridized carbons (Fsp3) is 0.167. The van der Waals surface area contributed by atoms with E-state index in [1.165, 1.54) is 78.9 Å². The molecule has 0 saturated heterocycles. The van der Waals surface area contributed by atoms with Gasteiger partial charge in [-0.1, -0.05) is 109 Å². The number of aromatic hydroxyl groups is 23. The van der Waals surface area contributed by atoms with Crippen LogP contribution in [0.3, 0.4) is 0 Å². The van der Waals surface area contributed by atoms with Gasteiger partial charge < -0.3 is 176 Å². The molecule has 14 aromatic rings. The number of aliphatic hydroxyl groups is 4. The molecule has 8 atom stereocenters. The zero-order valence-electron chi connectivity index (χ0n) is 76.3. The van der Waals surface area contributed by atoms with Crippen LogP contribution in [-0.4, -0.2) is 191 Å². The van der Waals surface area contributed by atoms with Crippen LogP contribution < -0.4 is 37.9 Å². The van der Waals surface area contributed by atoms with Crippen molar-refractivity contribution < 1.29 is 176 Å². The highest BCUT2D eigenvalue weighted by molar-refractivity contribution is 6.34. The number of aliphatic hydroxyl groups excluding tert-OH is 4. The first kappa shape index (κ1) is 101. The molecule has 7 aliphatic rings. The van der Waals surface area contributed by atoms with Gasteiger partial charge in [0.1, 0.15) is 77.3 Å². The number of rotatable bonds is 8. The van der Waals surface area contributed by atoms with Gasteiger partial charge in [-0.25, -0.2) is 0 Å². The minimum Gasteiger partial charge on any atom is -0.508 e. The molecule has 0 radical (unpaired) electrons. The summed E-state index contributed by atoms with van der Waals surface area (Å²) >= 11 is 6.02. The van der Waals surface area contributed by atoms with Crippen LogP contribution in [0.1, 0.15) is 137 Å². The smallest absolute Gasteiger partial charge is 0.205 e. The predicted octanol–water partition coefficient (Wildman–Crippen LogP) is 17.0. The molecule has 7 heterocycles. The minimum absolute atomic E-state index is 0.0177. The lowest BCUT2D eigenvalue weighted by Gasteiger charge is -2.32. The van der Waals surface area contributed by atoms with Crippen molar-refractivity contribution in [3.8, 4) is 178 Å². The van der Waals surface area contributed by atoms with E-state index in [0.717, 1.165) is 61.4 Å². The standard InChI is InChI=1S/C16H14O5.C16H16O5.C16H14O4.C15H11ClO4.C15H14O7.C15H14O6.C15H14O4/c1-20-12-4-2-9(3-5-12)11-6-10-7-13(17)14(18)15(19)16(10)21-8-11;1-8-14(19)13(18)6-11-15(20)12(7-21-16(8)11)9-2-4-10(17)5-3-9;1-9-15(19)14(18)7-11-6-12(8-20-16(9)11)10-2-4-13(17)5-3-10;16-14-11-5-9(8-1-3-10(17)4-2-8)7-20-13(11)6-12(18)15(14)19;16-9-2-1-6(14(20)15(9)21)8-5-22-12-4-11(18)10(17)3-7(12)13(8)19;16-8-3-1-7(2-4-8)10-6-21-15-9(12(10)18)5-11(17)13(19)14(15)20;16-12-6-10-14(7-13(12)17)19-8-11(15(10)18)9-4-2-1-3-5-9/h2-7,17-19H,8H2,1H3;2-6,12,15,17-20H,7H2,1H3;2-7,17-19H,8H2,1H3;1-6,17-19H,7H2;1-4,8,13,16-21H,5H2;1-5,10,12,16-20H,6H2;1-7,11,15-18H,8H2. The molecule has 27 N–H and O–H groups in total. The Morgan fingerprint density at radius 2 is 0.611 bits per heavy atom. The van der Waals surface area contributed by atoms with Gasteiger partial charge in [0, 0.05) is 91.6 Å². The molecule has 0 bridgehead atoms. The predicted molar refractivity (Wildman–Crippen MR) is 522 cm³/mol. The Balaban J connectivity index is 0.000000126. The van der Waals surface area contributed by atoms with Crippen molar-refractivity contribution in [3.63, 3.8) is 0 Å². The molecule has 14 aromatic carbocycles. The lowest BCUT2D eigenvalue weighted by Crippen LogP contribution is -2.24. The number of phenolic OH excluding ortho intramolecular Hbond substituents is 23. The Bertz CT molecular complexity index is 7100. The normalized spacial score (nSPS) is 17.6. The summed E-state index contributed by atoms with van der Waals surface area (Å²) < 4.78 is 43.9. The van der Waals surface area contributed by atoms with Crippen molar-refractivity contribution in [2.45, 2.75) is 61.9 Å². The number of ether oxygens (including phenoxy) is 8. The van der Waals surface area contributed by atoms with Crippen LogP contribution in [0.2, 0.25) is 5.02 Å². The van der Waals surface area contributed by atoms with Crippen LogP contribution in [0.15, 0.2) is 218 Å². The fourth-order valence-corrected chi connectivity index (χ4v) is 17.1. The molecule has 746 valence electrons. The molecule has 0 aromatic heterocycles. The minimum atomic E-state index is -1.13. The lowest BCUT2D eigenvalue weighted by atomic mass is 9.86. The van der Waals surface area contributed by atoms with Crippen LogP contribution in [0.5, 0.6) is 178 Å². The first-order valence-electron chi connectivity index (χ1n) is 44.1. The van der Waals surface area contributed by atoms with Crippen molar-refractivity contribution in [2.24, 2.45) is 0 Å². The molecule has 7 aliphatic heterocycles. The number of halogens is 1. The van der Waals surface area contributed by atoms with Gasteiger partial charge in [-0.05, 0) is 185 Å². The molecule has 0 aliphatic carbocycles. The van der Waals surface area contributed by atoms with Crippen molar-refractivity contribution in [1.29, 1.82) is 0 Å². The van der Waals surface area contributed by atoms with Gasteiger partial charge in [-0.15, -0.1) is 0 Å². The summed E-state index contributed by atoms with van der Waals surface area (Å²) in [5.74, 6) is -5.66. The second kappa shape index (κ2) is 42.5. The molecule has 36 heteroatoms. The Labute approximate surface area is 824 Å². The Morgan fingerprint density at radius 1 is 0.264 bits per heavy atom. The van der Waals surface area contributed by atoms with E-state index in [2.05, 4.69) is 0 Å². The van der Waals surface area contributed by atoms with Gasteiger partial charge >= 0.3 is 0 Å². The molecule has 144 heavy (non-hydrogen) atoms.